The number of aromatic amines is 1. The fourth-order valence-electron chi connectivity index (χ4n) is 3.72. The van der Waals surface area contributed by atoms with Gasteiger partial charge in [-0.2, -0.15) is 0 Å². The zero-order valence-corrected chi connectivity index (χ0v) is 17.1. The number of aromatic nitrogens is 1. The summed E-state index contributed by atoms with van der Waals surface area (Å²) in [5.74, 6) is -0.724. The number of benzene rings is 1. The first kappa shape index (κ1) is 20.6. The number of esters is 1. The Morgan fingerprint density at radius 1 is 1.21 bits per heavy atom. The number of amides is 2. The Hall–Kier alpha value is -3.09. The Bertz CT molecular complexity index is 926. The van der Waals surface area contributed by atoms with Crippen molar-refractivity contribution in [2.45, 2.75) is 39.7 Å². The second-order valence-electron chi connectivity index (χ2n) is 7.21. The minimum absolute atomic E-state index is 0.0335. The van der Waals surface area contributed by atoms with Gasteiger partial charge in [0.25, 0.3) is 11.8 Å². The summed E-state index contributed by atoms with van der Waals surface area (Å²) in [6.07, 6.45) is 2.67. The average Bonchev–Trinajstić information content (AvgIpc) is 3.39. The lowest BCUT2D eigenvalue weighted by molar-refractivity contribution is 0.0598. The quantitative estimate of drug-likeness (QED) is 0.733. The highest BCUT2D eigenvalue weighted by Gasteiger charge is 2.24. The largest absolute Gasteiger partial charge is 0.465 e. The van der Waals surface area contributed by atoms with Crippen LogP contribution in [0.25, 0.3) is 0 Å². The Morgan fingerprint density at radius 3 is 2.59 bits per heavy atom. The summed E-state index contributed by atoms with van der Waals surface area (Å²) in [4.78, 5) is 42.2. The number of rotatable bonds is 6. The molecule has 154 valence electrons. The molecule has 2 heterocycles. The van der Waals surface area contributed by atoms with Crippen LogP contribution in [0.5, 0.6) is 0 Å². The van der Waals surface area contributed by atoms with Gasteiger partial charge in [-0.15, -0.1) is 0 Å². The zero-order chi connectivity index (χ0) is 21.0. The molecule has 1 aliphatic heterocycles. The van der Waals surface area contributed by atoms with E-state index in [1.54, 1.807) is 13.0 Å². The number of nitrogens with one attached hydrogen (secondary N) is 2. The van der Waals surface area contributed by atoms with Crippen molar-refractivity contribution in [3.8, 4) is 0 Å². The molecule has 0 spiro atoms. The summed E-state index contributed by atoms with van der Waals surface area (Å²) < 4.78 is 4.83. The molecule has 1 saturated heterocycles. The first-order valence-corrected chi connectivity index (χ1v) is 9.92. The number of ether oxygens (including phenoxy) is 1. The molecule has 0 saturated carbocycles. The maximum absolute atomic E-state index is 12.7. The lowest BCUT2D eigenvalue weighted by atomic mass is 10.1. The molecule has 29 heavy (non-hydrogen) atoms. The van der Waals surface area contributed by atoms with Crippen molar-refractivity contribution in [3.05, 3.63) is 57.9 Å². The molecule has 3 rings (SSSR count). The average molecular weight is 397 g/mol. The Balaban J connectivity index is 1.71. The van der Waals surface area contributed by atoms with E-state index in [1.807, 2.05) is 30.0 Å². The standard InChI is InChI=1S/C22H27N3O4/c1-4-17-18(22(28)29-3)14(2)19(24-17)20(26)23-13-15-8-7-9-16(12-15)21(27)25-10-5-6-11-25/h7-9,12,24H,4-6,10-11,13H2,1-3H3,(H,23,26). The van der Waals surface area contributed by atoms with Crippen LogP contribution in [0, 0.1) is 6.92 Å². The zero-order valence-electron chi connectivity index (χ0n) is 17.1. The summed E-state index contributed by atoms with van der Waals surface area (Å²) in [5.41, 5.74) is 3.50. The van der Waals surface area contributed by atoms with Gasteiger partial charge in [0.15, 0.2) is 0 Å². The minimum atomic E-state index is -0.456. The Labute approximate surface area is 170 Å². The summed E-state index contributed by atoms with van der Waals surface area (Å²) in [6, 6.07) is 7.33. The molecule has 7 nitrogen and oxygen atoms in total. The van der Waals surface area contributed by atoms with Crippen LogP contribution < -0.4 is 5.32 Å². The van der Waals surface area contributed by atoms with Crippen molar-refractivity contribution >= 4 is 17.8 Å². The van der Waals surface area contributed by atoms with Gasteiger partial charge in [-0.1, -0.05) is 19.1 Å². The molecule has 0 bridgehead atoms. The number of likely N-dealkylation sites (tertiary alicyclic amines) is 1. The first-order valence-electron chi connectivity index (χ1n) is 9.92. The molecule has 2 aromatic rings. The Morgan fingerprint density at radius 2 is 1.93 bits per heavy atom. The number of H-pyrrole nitrogens is 1. The number of carbonyl (C=O) groups excluding carboxylic acids is 3. The summed E-state index contributed by atoms with van der Waals surface area (Å²) >= 11 is 0. The number of nitrogens with zero attached hydrogens (tertiary/aromatic N) is 1. The van der Waals surface area contributed by atoms with Gasteiger partial charge in [-0.05, 0) is 49.4 Å². The van der Waals surface area contributed by atoms with Gasteiger partial charge in [0.05, 0.1) is 12.7 Å². The van der Waals surface area contributed by atoms with Crippen molar-refractivity contribution < 1.29 is 19.1 Å². The molecule has 2 amide bonds. The van der Waals surface area contributed by atoms with Gasteiger partial charge < -0.3 is 19.9 Å². The molecule has 2 N–H and O–H groups in total. The van der Waals surface area contributed by atoms with E-state index in [4.69, 9.17) is 4.74 Å². The highest BCUT2D eigenvalue weighted by atomic mass is 16.5. The van der Waals surface area contributed by atoms with Crippen molar-refractivity contribution in [1.29, 1.82) is 0 Å². The van der Waals surface area contributed by atoms with E-state index in [9.17, 15) is 14.4 Å². The molecule has 0 aliphatic carbocycles. The number of methoxy groups -OCH3 is 1. The van der Waals surface area contributed by atoms with Gasteiger partial charge >= 0.3 is 5.97 Å². The summed E-state index contributed by atoms with van der Waals surface area (Å²) in [5, 5.41) is 2.87. The molecular weight excluding hydrogens is 370 g/mol. The third-order valence-electron chi connectivity index (χ3n) is 5.32. The van der Waals surface area contributed by atoms with Crippen LogP contribution >= 0.6 is 0 Å². The van der Waals surface area contributed by atoms with E-state index in [0.717, 1.165) is 31.5 Å². The van der Waals surface area contributed by atoms with Crippen LogP contribution in [0.15, 0.2) is 24.3 Å². The van der Waals surface area contributed by atoms with E-state index in [0.29, 0.717) is 34.5 Å². The van der Waals surface area contributed by atoms with Crippen molar-refractivity contribution in [3.63, 3.8) is 0 Å². The van der Waals surface area contributed by atoms with Crippen LogP contribution in [-0.4, -0.2) is 47.9 Å². The van der Waals surface area contributed by atoms with Crippen LogP contribution in [0.3, 0.4) is 0 Å². The monoisotopic (exact) mass is 397 g/mol. The predicted octanol–water partition coefficient (Wildman–Crippen LogP) is 2.84. The third-order valence-corrected chi connectivity index (χ3v) is 5.32. The minimum Gasteiger partial charge on any atom is -0.465 e. The molecule has 0 unspecified atom stereocenters. The van der Waals surface area contributed by atoms with Crippen molar-refractivity contribution in [1.82, 2.24) is 15.2 Å². The SMILES string of the molecule is CCc1[nH]c(C(=O)NCc2cccc(C(=O)N3CCCC3)c2)c(C)c1C(=O)OC. The topological polar surface area (TPSA) is 91.5 Å². The normalized spacial score (nSPS) is 13.4. The van der Waals surface area contributed by atoms with Gasteiger partial charge in [0, 0.05) is 30.9 Å². The predicted molar refractivity (Wildman–Crippen MR) is 109 cm³/mol. The van der Waals surface area contributed by atoms with Crippen LogP contribution in [-0.2, 0) is 17.7 Å². The maximum Gasteiger partial charge on any atom is 0.339 e. The van der Waals surface area contributed by atoms with Crippen LogP contribution in [0.1, 0.15) is 67.8 Å². The van der Waals surface area contributed by atoms with E-state index >= 15 is 0 Å². The molecule has 1 aromatic carbocycles. The Kier molecular flexibility index (Phi) is 6.36. The molecule has 1 aliphatic rings. The molecule has 1 aromatic heterocycles. The fourth-order valence-corrected chi connectivity index (χ4v) is 3.72. The fraction of sp³-hybridized carbons (Fsp3) is 0.409. The molecule has 7 heteroatoms. The second-order valence-corrected chi connectivity index (χ2v) is 7.21. The van der Waals surface area contributed by atoms with Gasteiger partial charge in [-0.25, -0.2) is 4.79 Å². The first-order chi connectivity index (χ1) is 14.0. The molecular formula is C22H27N3O4. The lowest BCUT2D eigenvalue weighted by Crippen LogP contribution is -2.28. The number of carbonyl (C=O) groups is 3. The number of aryl methyl sites for hydroxylation is 1. The van der Waals surface area contributed by atoms with E-state index in [-0.39, 0.29) is 18.4 Å². The van der Waals surface area contributed by atoms with Gasteiger partial charge in [-0.3, -0.25) is 9.59 Å². The van der Waals surface area contributed by atoms with Crippen molar-refractivity contribution in [2.24, 2.45) is 0 Å². The lowest BCUT2D eigenvalue weighted by Gasteiger charge is -2.15. The summed E-state index contributed by atoms with van der Waals surface area (Å²) in [7, 11) is 1.32. The van der Waals surface area contributed by atoms with E-state index < -0.39 is 5.97 Å². The maximum atomic E-state index is 12.7. The van der Waals surface area contributed by atoms with Crippen LogP contribution in [0.4, 0.5) is 0 Å². The number of hydrogen-bond acceptors (Lipinski definition) is 4. The second kappa shape index (κ2) is 8.94. The highest BCUT2D eigenvalue weighted by Crippen LogP contribution is 2.20. The smallest absolute Gasteiger partial charge is 0.339 e. The highest BCUT2D eigenvalue weighted by molar-refractivity contribution is 6.00. The van der Waals surface area contributed by atoms with Crippen molar-refractivity contribution in [2.75, 3.05) is 20.2 Å². The third kappa shape index (κ3) is 4.34. The molecule has 0 radical (unpaired) electrons. The molecule has 1 fully saturated rings. The van der Waals surface area contributed by atoms with Gasteiger partial charge in [0.1, 0.15) is 5.69 Å². The molecule has 0 atom stereocenters. The van der Waals surface area contributed by atoms with E-state index in [2.05, 4.69) is 10.3 Å². The number of hydrogen-bond donors (Lipinski definition) is 2. The summed E-state index contributed by atoms with van der Waals surface area (Å²) in [6.45, 7) is 5.52. The van der Waals surface area contributed by atoms with E-state index in [1.165, 1.54) is 7.11 Å². The van der Waals surface area contributed by atoms with Gasteiger partial charge in [0.2, 0.25) is 0 Å². The van der Waals surface area contributed by atoms with Crippen LogP contribution in [0.2, 0.25) is 0 Å².